The molecule has 1 saturated heterocycles. The molecule has 0 aliphatic carbocycles. The van der Waals surface area contributed by atoms with Crippen LogP contribution in [0.4, 0.5) is 0 Å². The first-order valence-electron chi connectivity index (χ1n) is 7.47. The fraction of sp³-hybridized carbons (Fsp3) is 0.600. The molecule has 21 heavy (non-hydrogen) atoms. The van der Waals surface area contributed by atoms with Gasteiger partial charge in [-0.1, -0.05) is 13.8 Å². The van der Waals surface area contributed by atoms with Crippen molar-refractivity contribution in [2.75, 3.05) is 6.61 Å². The summed E-state index contributed by atoms with van der Waals surface area (Å²) in [7, 11) is 0. The van der Waals surface area contributed by atoms with Crippen LogP contribution >= 0.6 is 11.8 Å². The fourth-order valence-electron chi connectivity index (χ4n) is 2.57. The Kier molecular flexibility index (Phi) is 4.47. The lowest BCUT2D eigenvalue weighted by Crippen LogP contribution is -2.14. The van der Waals surface area contributed by atoms with Gasteiger partial charge >= 0.3 is 0 Å². The molecule has 0 radical (unpaired) electrons. The van der Waals surface area contributed by atoms with Gasteiger partial charge in [-0.25, -0.2) is 9.97 Å². The zero-order chi connectivity index (χ0) is 14.8. The molecule has 3 atom stereocenters. The van der Waals surface area contributed by atoms with E-state index in [-0.39, 0.29) is 18.9 Å². The second-order valence-corrected chi connectivity index (χ2v) is 6.88. The van der Waals surface area contributed by atoms with Crippen LogP contribution in [0.15, 0.2) is 23.6 Å². The molecule has 1 aliphatic rings. The van der Waals surface area contributed by atoms with Crippen LogP contribution in [-0.4, -0.2) is 37.6 Å². The van der Waals surface area contributed by atoms with Crippen molar-refractivity contribution in [2.45, 2.75) is 55.7 Å². The van der Waals surface area contributed by atoms with Crippen molar-refractivity contribution in [2.24, 2.45) is 0 Å². The number of ether oxygens (including phenoxy) is 1. The van der Waals surface area contributed by atoms with E-state index in [1.807, 2.05) is 6.20 Å². The van der Waals surface area contributed by atoms with Gasteiger partial charge in [-0.15, -0.1) is 11.8 Å². The Morgan fingerprint density at radius 1 is 1.48 bits per heavy atom. The molecule has 0 bridgehead atoms. The summed E-state index contributed by atoms with van der Waals surface area (Å²) < 4.78 is 7.91. The molecule has 0 amide bonds. The summed E-state index contributed by atoms with van der Waals surface area (Å²) in [5, 5.41) is 11.9. The van der Waals surface area contributed by atoms with E-state index >= 15 is 0 Å². The van der Waals surface area contributed by atoms with Crippen molar-refractivity contribution in [1.82, 2.24) is 14.5 Å². The molecule has 3 rings (SSSR count). The minimum atomic E-state index is -0.0525. The molecule has 0 aromatic carbocycles. The third kappa shape index (κ3) is 2.93. The lowest BCUT2D eigenvalue weighted by Gasteiger charge is -2.15. The van der Waals surface area contributed by atoms with Gasteiger partial charge in [0.25, 0.3) is 0 Å². The molecule has 2 aromatic heterocycles. The van der Waals surface area contributed by atoms with Gasteiger partial charge in [0, 0.05) is 11.4 Å². The van der Waals surface area contributed by atoms with Crippen LogP contribution in [0.2, 0.25) is 0 Å². The van der Waals surface area contributed by atoms with Crippen molar-refractivity contribution >= 4 is 22.8 Å². The summed E-state index contributed by atoms with van der Waals surface area (Å²) in [5.74, 6) is 0. The molecule has 3 unspecified atom stereocenters. The van der Waals surface area contributed by atoms with Crippen LogP contribution in [0.5, 0.6) is 0 Å². The normalized spacial score (nSPS) is 23.8. The molecule has 114 valence electrons. The zero-order valence-electron chi connectivity index (χ0n) is 12.4. The molecule has 3 heterocycles. The van der Waals surface area contributed by atoms with Gasteiger partial charge in [0.05, 0.1) is 18.1 Å². The quantitative estimate of drug-likeness (QED) is 0.679. The van der Waals surface area contributed by atoms with E-state index in [0.29, 0.717) is 5.25 Å². The van der Waals surface area contributed by atoms with E-state index in [1.165, 1.54) is 0 Å². The lowest BCUT2D eigenvalue weighted by molar-refractivity contribution is -0.0204. The number of aromatic nitrogens is 3. The highest BCUT2D eigenvalue weighted by Crippen LogP contribution is 2.34. The summed E-state index contributed by atoms with van der Waals surface area (Å²) in [4.78, 5) is 8.85. The Balaban J connectivity index is 1.90. The third-order valence-corrected chi connectivity index (χ3v) is 5.24. The Bertz CT molecular complexity index is 616. The minimum Gasteiger partial charge on any atom is -0.394 e. The predicted octanol–water partition coefficient (Wildman–Crippen LogP) is 2.99. The number of thioether (sulfide) groups is 1. The number of aliphatic hydroxyl groups is 1. The third-order valence-electron chi connectivity index (χ3n) is 3.96. The van der Waals surface area contributed by atoms with Crippen LogP contribution in [-0.2, 0) is 4.74 Å². The van der Waals surface area contributed by atoms with Crippen LogP contribution in [0.25, 0.3) is 11.0 Å². The summed E-state index contributed by atoms with van der Waals surface area (Å²) in [5.41, 5.74) is 0.916. The van der Waals surface area contributed by atoms with Gasteiger partial charge in [0.15, 0.2) is 0 Å². The average molecular weight is 307 g/mol. The lowest BCUT2D eigenvalue weighted by atomic mass is 10.2. The molecule has 1 aliphatic heterocycles. The van der Waals surface area contributed by atoms with E-state index in [9.17, 15) is 5.11 Å². The van der Waals surface area contributed by atoms with Crippen LogP contribution < -0.4 is 0 Å². The van der Waals surface area contributed by atoms with Crippen LogP contribution in [0.1, 0.15) is 39.3 Å². The number of fused-ring (bicyclic) bond motifs is 1. The van der Waals surface area contributed by atoms with Gasteiger partial charge in [-0.3, -0.25) is 0 Å². The van der Waals surface area contributed by atoms with Gasteiger partial charge in [-0.2, -0.15) is 0 Å². The monoisotopic (exact) mass is 307 g/mol. The van der Waals surface area contributed by atoms with Gasteiger partial charge < -0.3 is 14.4 Å². The Morgan fingerprint density at radius 2 is 2.33 bits per heavy atom. The first-order chi connectivity index (χ1) is 10.2. The van der Waals surface area contributed by atoms with Crippen molar-refractivity contribution in [3.05, 3.63) is 18.6 Å². The second kappa shape index (κ2) is 6.34. The second-order valence-electron chi connectivity index (χ2n) is 5.45. The smallest absolute Gasteiger partial charge is 0.146 e. The van der Waals surface area contributed by atoms with Gasteiger partial charge in [-0.05, 0) is 25.3 Å². The van der Waals surface area contributed by atoms with Crippen molar-refractivity contribution in [1.29, 1.82) is 0 Å². The highest BCUT2D eigenvalue weighted by atomic mass is 32.2. The SMILES string of the molecule is CCC(C)Sc1ncnc2c1ccn2C1CCC(CO)O1. The van der Waals surface area contributed by atoms with Crippen LogP contribution in [0, 0.1) is 0 Å². The number of rotatable bonds is 5. The number of aliphatic hydroxyl groups excluding tert-OH is 1. The predicted molar refractivity (Wildman–Crippen MR) is 83.4 cm³/mol. The first kappa shape index (κ1) is 14.8. The van der Waals surface area contributed by atoms with Gasteiger partial charge in [0.1, 0.15) is 23.2 Å². The Hall–Kier alpha value is -1.11. The minimum absolute atomic E-state index is 0.0315. The van der Waals surface area contributed by atoms with Crippen LogP contribution in [0.3, 0.4) is 0 Å². The fourth-order valence-corrected chi connectivity index (χ4v) is 3.52. The molecular weight excluding hydrogens is 286 g/mol. The van der Waals surface area contributed by atoms with Crippen molar-refractivity contribution in [3.63, 3.8) is 0 Å². The maximum absolute atomic E-state index is 9.20. The number of nitrogens with zero attached hydrogens (tertiary/aromatic N) is 3. The highest BCUT2D eigenvalue weighted by Gasteiger charge is 2.27. The first-order valence-corrected chi connectivity index (χ1v) is 8.35. The zero-order valence-corrected chi connectivity index (χ0v) is 13.2. The molecule has 1 fully saturated rings. The highest BCUT2D eigenvalue weighted by molar-refractivity contribution is 8.00. The average Bonchev–Trinajstić information content (AvgIpc) is 3.13. The van der Waals surface area contributed by atoms with E-state index in [2.05, 4.69) is 34.4 Å². The number of hydrogen-bond acceptors (Lipinski definition) is 5. The van der Waals surface area contributed by atoms with E-state index in [0.717, 1.165) is 35.3 Å². The van der Waals surface area contributed by atoms with E-state index in [1.54, 1.807) is 18.1 Å². The maximum atomic E-state index is 9.20. The molecule has 1 N–H and O–H groups in total. The van der Waals surface area contributed by atoms with Crippen molar-refractivity contribution < 1.29 is 9.84 Å². The Labute approximate surface area is 128 Å². The largest absolute Gasteiger partial charge is 0.394 e. The molecule has 6 heteroatoms. The van der Waals surface area contributed by atoms with E-state index < -0.39 is 0 Å². The summed E-state index contributed by atoms with van der Waals surface area (Å²) in [6.45, 7) is 4.48. The topological polar surface area (TPSA) is 60.2 Å². The summed E-state index contributed by atoms with van der Waals surface area (Å²) >= 11 is 1.79. The maximum Gasteiger partial charge on any atom is 0.146 e. The molecular formula is C15H21N3O2S. The molecule has 0 spiro atoms. The van der Waals surface area contributed by atoms with E-state index in [4.69, 9.17) is 4.74 Å². The van der Waals surface area contributed by atoms with Gasteiger partial charge in [0.2, 0.25) is 0 Å². The standard InChI is InChI=1S/C15H21N3O2S/c1-3-10(2)21-15-12-6-7-18(14(12)16-9-17-15)13-5-4-11(8-19)20-13/h6-7,9-11,13,19H,3-5,8H2,1-2H3. The Morgan fingerprint density at radius 3 is 3.05 bits per heavy atom. The molecule has 5 nitrogen and oxygen atoms in total. The summed E-state index contributed by atoms with van der Waals surface area (Å²) in [6, 6.07) is 2.07. The molecule has 2 aromatic rings. The number of hydrogen-bond donors (Lipinski definition) is 1. The van der Waals surface area contributed by atoms with Crippen molar-refractivity contribution in [3.8, 4) is 0 Å². The summed E-state index contributed by atoms with van der Waals surface area (Å²) in [6.07, 6.45) is 6.47. The molecule has 0 saturated carbocycles.